The third-order valence-corrected chi connectivity index (χ3v) is 2.88. The molecule has 0 spiro atoms. The first-order chi connectivity index (χ1) is 9.77. The highest BCUT2D eigenvalue weighted by atomic mass is 35.5. The average Bonchev–Trinajstić information content (AvgIpc) is 2.37. The molecule has 0 atom stereocenters. The standard InChI is InChI=1S/C14H8ClF3O3/c15-12-7-10(4-5-11(12)13(19)20)21-9-3-1-2-8(6-9)14(16,17)18/h1-7H,(H,19,20). The van der Waals surface area contributed by atoms with Crippen molar-refractivity contribution in [1.82, 2.24) is 0 Å². The summed E-state index contributed by atoms with van der Waals surface area (Å²) < 4.78 is 43.0. The number of rotatable bonds is 3. The van der Waals surface area contributed by atoms with Gasteiger partial charge < -0.3 is 9.84 Å². The van der Waals surface area contributed by atoms with Crippen LogP contribution in [0.25, 0.3) is 0 Å². The molecule has 0 aliphatic carbocycles. The summed E-state index contributed by atoms with van der Waals surface area (Å²) in [6, 6.07) is 8.10. The van der Waals surface area contributed by atoms with Crippen LogP contribution in [0.3, 0.4) is 0 Å². The second-order valence-electron chi connectivity index (χ2n) is 4.07. The fourth-order valence-electron chi connectivity index (χ4n) is 1.60. The molecule has 0 aromatic heterocycles. The van der Waals surface area contributed by atoms with Crippen LogP contribution < -0.4 is 4.74 Å². The molecular weight excluding hydrogens is 309 g/mol. The molecule has 0 heterocycles. The fourth-order valence-corrected chi connectivity index (χ4v) is 1.86. The first-order valence-corrected chi connectivity index (χ1v) is 6.03. The van der Waals surface area contributed by atoms with Crippen LogP contribution in [0.15, 0.2) is 42.5 Å². The van der Waals surface area contributed by atoms with Gasteiger partial charge in [-0.15, -0.1) is 0 Å². The zero-order valence-electron chi connectivity index (χ0n) is 10.3. The minimum Gasteiger partial charge on any atom is -0.478 e. The van der Waals surface area contributed by atoms with Gasteiger partial charge in [-0.25, -0.2) is 4.79 Å². The van der Waals surface area contributed by atoms with Crippen LogP contribution >= 0.6 is 11.6 Å². The molecule has 7 heteroatoms. The lowest BCUT2D eigenvalue weighted by molar-refractivity contribution is -0.137. The van der Waals surface area contributed by atoms with Crippen molar-refractivity contribution in [2.75, 3.05) is 0 Å². The van der Waals surface area contributed by atoms with Crippen molar-refractivity contribution in [1.29, 1.82) is 0 Å². The van der Waals surface area contributed by atoms with Gasteiger partial charge in [0, 0.05) is 6.07 Å². The molecule has 2 aromatic carbocycles. The maximum absolute atomic E-state index is 12.6. The van der Waals surface area contributed by atoms with E-state index in [1.54, 1.807) is 0 Å². The third kappa shape index (κ3) is 3.66. The van der Waals surface area contributed by atoms with Crippen LogP contribution in [0, 0.1) is 0 Å². The van der Waals surface area contributed by atoms with Gasteiger partial charge in [0.1, 0.15) is 11.5 Å². The van der Waals surface area contributed by atoms with E-state index in [4.69, 9.17) is 21.4 Å². The van der Waals surface area contributed by atoms with Crippen molar-refractivity contribution in [3.63, 3.8) is 0 Å². The number of ether oxygens (including phenoxy) is 1. The molecule has 3 nitrogen and oxygen atoms in total. The molecule has 0 radical (unpaired) electrons. The van der Waals surface area contributed by atoms with Gasteiger partial charge in [-0.05, 0) is 30.3 Å². The van der Waals surface area contributed by atoms with Gasteiger partial charge in [0.2, 0.25) is 0 Å². The van der Waals surface area contributed by atoms with Crippen LogP contribution in [0.5, 0.6) is 11.5 Å². The Balaban J connectivity index is 2.27. The van der Waals surface area contributed by atoms with E-state index >= 15 is 0 Å². The van der Waals surface area contributed by atoms with Gasteiger partial charge >= 0.3 is 12.1 Å². The summed E-state index contributed by atoms with van der Waals surface area (Å²) >= 11 is 5.75. The quantitative estimate of drug-likeness (QED) is 0.880. The molecule has 0 amide bonds. The smallest absolute Gasteiger partial charge is 0.416 e. The molecule has 0 bridgehead atoms. The number of hydrogen-bond acceptors (Lipinski definition) is 2. The predicted molar refractivity (Wildman–Crippen MR) is 69.9 cm³/mol. The van der Waals surface area contributed by atoms with Crippen molar-refractivity contribution < 1.29 is 27.8 Å². The Kier molecular flexibility index (Phi) is 4.09. The van der Waals surface area contributed by atoms with Crippen molar-refractivity contribution >= 4 is 17.6 Å². The third-order valence-electron chi connectivity index (χ3n) is 2.57. The number of carboxylic acid groups (broad SMARTS) is 1. The van der Waals surface area contributed by atoms with E-state index in [9.17, 15) is 18.0 Å². The van der Waals surface area contributed by atoms with Gasteiger partial charge in [-0.3, -0.25) is 0 Å². The molecule has 0 fully saturated rings. The Bertz CT molecular complexity index is 683. The highest BCUT2D eigenvalue weighted by Gasteiger charge is 2.30. The SMILES string of the molecule is O=C(O)c1ccc(Oc2cccc(C(F)(F)F)c2)cc1Cl. The minimum absolute atomic E-state index is 0.0241. The molecule has 110 valence electrons. The normalized spacial score (nSPS) is 11.2. The number of carbonyl (C=O) groups is 1. The molecule has 0 aliphatic heterocycles. The predicted octanol–water partition coefficient (Wildman–Crippen LogP) is 4.85. The molecule has 1 N–H and O–H groups in total. The monoisotopic (exact) mass is 316 g/mol. The Morgan fingerprint density at radius 1 is 1.10 bits per heavy atom. The van der Waals surface area contributed by atoms with Crippen LogP contribution in [-0.2, 0) is 6.18 Å². The second-order valence-corrected chi connectivity index (χ2v) is 4.48. The average molecular weight is 317 g/mol. The van der Waals surface area contributed by atoms with E-state index in [0.29, 0.717) is 0 Å². The number of hydrogen-bond donors (Lipinski definition) is 1. The number of aromatic carboxylic acids is 1. The van der Waals surface area contributed by atoms with E-state index in [1.807, 2.05) is 0 Å². The van der Waals surface area contributed by atoms with E-state index < -0.39 is 17.7 Å². The van der Waals surface area contributed by atoms with E-state index in [0.717, 1.165) is 12.1 Å². The Labute approximate surface area is 122 Å². The van der Waals surface area contributed by atoms with Crippen molar-refractivity contribution in [3.8, 4) is 11.5 Å². The molecule has 0 saturated carbocycles. The summed E-state index contributed by atoms with van der Waals surface area (Å²) in [6.45, 7) is 0. The maximum atomic E-state index is 12.6. The second kappa shape index (κ2) is 5.65. The van der Waals surface area contributed by atoms with Crippen molar-refractivity contribution in [2.45, 2.75) is 6.18 Å². The molecule has 2 rings (SSSR count). The fraction of sp³-hybridized carbons (Fsp3) is 0.0714. The van der Waals surface area contributed by atoms with E-state index in [-0.39, 0.29) is 22.1 Å². The zero-order valence-corrected chi connectivity index (χ0v) is 11.1. The molecule has 21 heavy (non-hydrogen) atoms. The van der Waals surface area contributed by atoms with Crippen LogP contribution in [0.1, 0.15) is 15.9 Å². The van der Waals surface area contributed by atoms with Crippen LogP contribution in [-0.4, -0.2) is 11.1 Å². The molecule has 0 saturated heterocycles. The summed E-state index contributed by atoms with van der Waals surface area (Å²) in [5.74, 6) is -1.08. The van der Waals surface area contributed by atoms with Crippen LogP contribution in [0.2, 0.25) is 5.02 Å². The van der Waals surface area contributed by atoms with Crippen molar-refractivity contribution in [3.05, 3.63) is 58.6 Å². The maximum Gasteiger partial charge on any atom is 0.416 e. The van der Waals surface area contributed by atoms with Crippen LogP contribution in [0.4, 0.5) is 13.2 Å². The Hall–Kier alpha value is -2.21. The zero-order chi connectivity index (χ0) is 15.6. The van der Waals surface area contributed by atoms with E-state index in [1.165, 1.54) is 30.3 Å². The number of alkyl halides is 3. The van der Waals surface area contributed by atoms with Gasteiger partial charge in [-0.2, -0.15) is 13.2 Å². The topological polar surface area (TPSA) is 46.5 Å². The molecular formula is C14H8ClF3O3. The lowest BCUT2D eigenvalue weighted by Crippen LogP contribution is -2.04. The summed E-state index contributed by atoms with van der Waals surface area (Å²) in [5, 5.41) is 8.76. The summed E-state index contributed by atoms with van der Waals surface area (Å²) in [4.78, 5) is 10.8. The molecule has 2 aromatic rings. The number of carboxylic acids is 1. The first-order valence-electron chi connectivity index (χ1n) is 5.65. The Morgan fingerprint density at radius 3 is 2.33 bits per heavy atom. The first kappa shape index (κ1) is 15.2. The van der Waals surface area contributed by atoms with Gasteiger partial charge in [0.05, 0.1) is 16.1 Å². The lowest BCUT2D eigenvalue weighted by atomic mass is 10.2. The highest BCUT2D eigenvalue weighted by molar-refractivity contribution is 6.33. The Morgan fingerprint density at radius 2 is 1.76 bits per heavy atom. The summed E-state index contributed by atoms with van der Waals surface area (Å²) in [7, 11) is 0. The van der Waals surface area contributed by atoms with Gasteiger partial charge in [-0.1, -0.05) is 17.7 Å². The molecule has 0 aliphatic rings. The molecule has 0 unspecified atom stereocenters. The summed E-state index contributed by atoms with van der Waals surface area (Å²) in [6.07, 6.45) is -4.47. The van der Waals surface area contributed by atoms with Gasteiger partial charge in [0.25, 0.3) is 0 Å². The number of benzene rings is 2. The lowest BCUT2D eigenvalue weighted by Gasteiger charge is -2.10. The highest BCUT2D eigenvalue weighted by Crippen LogP contribution is 2.33. The largest absolute Gasteiger partial charge is 0.478 e. The minimum atomic E-state index is -4.47. The van der Waals surface area contributed by atoms with Gasteiger partial charge in [0.15, 0.2) is 0 Å². The van der Waals surface area contributed by atoms with Crippen molar-refractivity contribution in [2.24, 2.45) is 0 Å². The number of halogens is 4. The summed E-state index contributed by atoms with van der Waals surface area (Å²) in [5.41, 5.74) is -0.957. The van der Waals surface area contributed by atoms with E-state index in [2.05, 4.69) is 0 Å².